The fourth-order valence-corrected chi connectivity index (χ4v) is 3.64. The van der Waals surface area contributed by atoms with Gasteiger partial charge in [0.25, 0.3) is 5.91 Å². The van der Waals surface area contributed by atoms with Crippen LogP contribution in [0.1, 0.15) is 16.1 Å². The molecule has 0 atom stereocenters. The fourth-order valence-electron chi connectivity index (χ4n) is 3.64. The lowest BCUT2D eigenvalue weighted by Gasteiger charge is -2.34. The van der Waals surface area contributed by atoms with Gasteiger partial charge in [-0.3, -0.25) is 4.79 Å². The normalized spacial score (nSPS) is 15.3. The molecule has 3 aromatic rings. The summed E-state index contributed by atoms with van der Waals surface area (Å²) in [6, 6.07) is 13.9. The summed E-state index contributed by atoms with van der Waals surface area (Å²) in [4.78, 5) is 22.0. The molecule has 1 aliphatic heterocycles. The fraction of sp³-hybridized carbons (Fsp3) is 0.333. The molecule has 1 amide bonds. The second-order valence-electron chi connectivity index (χ2n) is 7.11. The first-order valence-electron chi connectivity index (χ1n) is 9.33. The van der Waals surface area contributed by atoms with E-state index in [1.165, 1.54) is 0 Å². The quantitative estimate of drug-likeness (QED) is 0.773. The van der Waals surface area contributed by atoms with E-state index in [0.29, 0.717) is 12.2 Å². The third-order valence-electron chi connectivity index (χ3n) is 5.29. The predicted octanol–water partition coefficient (Wildman–Crippen LogP) is 2.26. The van der Waals surface area contributed by atoms with E-state index in [-0.39, 0.29) is 5.91 Å². The molecule has 1 aliphatic rings. The summed E-state index contributed by atoms with van der Waals surface area (Å²) in [5.74, 6) is 0.907. The molecule has 6 heteroatoms. The van der Waals surface area contributed by atoms with Gasteiger partial charge in [0.05, 0.1) is 0 Å². The molecule has 2 aromatic heterocycles. The Balaban J connectivity index is 1.50. The molecule has 3 heterocycles. The first-order chi connectivity index (χ1) is 13.1. The van der Waals surface area contributed by atoms with Gasteiger partial charge in [-0.2, -0.15) is 0 Å². The molecule has 0 bridgehead atoms. The molecule has 0 spiro atoms. The van der Waals surface area contributed by atoms with E-state index in [1.54, 1.807) is 0 Å². The topological polar surface area (TPSA) is 53.4 Å². The highest BCUT2D eigenvalue weighted by molar-refractivity contribution is 5.98. The monoisotopic (exact) mass is 363 g/mol. The number of aromatic nitrogens is 2. The Labute approximate surface area is 159 Å². The van der Waals surface area contributed by atoms with Gasteiger partial charge in [-0.1, -0.05) is 24.3 Å². The lowest BCUT2D eigenvalue weighted by molar-refractivity contribution is 0.0943. The van der Waals surface area contributed by atoms with Crippen molar-refractivity contribution in [2.45, 2.75) is 6.54 Å². The third kappa shape index (κ3) is 3.53. The van der Waals surface area contributed by atoms with Gasteiger partial charge in [0.15, 0.2) is 0 Å². The Morgan fingerprint density at radius 3 is 2.63 bits per heavy atom. The second-order valence-corrected chi connectivity index (χ2v) is 7.11. The summed E-state index contributed by atoms with van der Waals surface area (Å²) in [5.41, 5.74) is 2.78. The molecule has 0 radical (unpaired) electrons. The van der Waals surface area contributed by atoms with Gasteiger partial charge in [0, 0.05) is 62.4 Å². The number of nitrogens with one attached hydrogen (secondary N) is 1. The number of benzene rings is 1. The number of likely N-dealkylation sites (N-methyl/N-ethyl adjacent to an activating group) is 1. The summed E-state index contributed by atoms with van der Waals surface area (Å²) in [7, 11) is 4.07. The van der Waals surface area contributed by atoms with Crippen LogP contribution in [0.5, 0.6) is 0 Å². The average molecular weight is 363 g/mol. The number of aryl methyl sites for hydroxylation is 1. The number of fused-ring (bicyclic) bond motifs is 1. The van der Waals surface area contributed by atoms with Gasteiger partial charge in [0.2, 0.25) is 0 Å². The smallest absolute Gasteiger partial charge is 0.268 e. The van der Waals surface area contributed by atoms with Crippen LogP contribution < -0.4 is 10.2 Å². The molecule has 6 nitrogen and oxygen atoms in total. The van der Waals surface area contributed by atoms with Crippen LogP contribution in [-0.4, -0.2) is 53.6 Å². The van der Waals surface area contributed by atoms with Crippen molar-refractivity contribution in [2.75, 3.05) is 38.1 Å². The van der Waals surface area contributed by atoms with E-state index < -0.39 is 0 Å². The van der Waals surface area contributed by atoms with Crippen LogP contribution in [0.4, 0.5) is 5.82 Å². The summed E-state index contributed by atoms with van der Waals surface area (Å²) >= 11 is 0. The summed E-state index contributed by atoms with van der Waals surface area (Å²) in [5, 5.41) is 4.14. The van der Waals surface area contributed by atoms with Gasteiger partial charge in [-0.05, 0) is 25.2 Å². The number of anilines is 1. The third-order valence-corrected chi connectivity index (χ3v) is 5.29. The van der Waals surface area contributed by atoms with Gasteiger partial charge in [-0.15, -0.1) is 0 Å². The van der Waals surface area contributed by atoms with Crippen LogP contribution in [0, 0.1) is 0 Å². The second kappa shape index (κ2) is 7.40. The Morgan fingerprint density at radius 1 is 1.07 bits per heavy atom. The number of piperazine rings is 1. The minimum absolute atomic E-state index is 0.0677. The number of nitrogens with zero attached hydrogens (tertiary/aromatic N) is 4. The van der Waals surface area contributed by atoms with Gasteiger partial charge in [0.1, 0.15) is 11.5 Å². The number of para-hydroxylation sites is 1. The van der Waals surface area contributed by atoms with Crippen LogP contribution >= 0.6 is 0 Å². The molecule has 140 valence electrons. The van der Waals surface area contributed by atoms with Gasteiger partial charge in [-0.25, -0.2) is 4.98 Å². The van der Waals surface area contributed by atoms with E-state index in [0.717, 1.165) is 48.5 Å². The van der Waals surface area contributed by atoms with Crippen molar-refractivity contribution in [2.24, 2.45) is 7.05 Å². The minimum atomic E-state index is -0.0677. The highest BCUT2D eigenvalue weighted by atomic mass is 16.1. The molecule has 0 aliphatic carbocycles. The summed E-state index contributed by atoms with van der Waals surface area (Å²) < 4.78 is 1.94. The first kappa shape index (κ1) is 17.5. The first-order valence-corrected chi connectivity index (χ1v) is 9.33. The van der Waals surface area contributed by atoms with Crippen molar-refractivity contribution in [3.8, 4) is 0 Å². The Morgan fingerprint density at radius 2 is 1.85 bits per heavy atom. The van der Waals surface area contributed by atoms with Crippen LogP contribution in [0.25, 0.3) is 10.9 Å². The van der Waals surface area contributed by atoms with E-state index in [2.05, 4.69) is 27.1 Å². The molecule has 1 fully saturated rings. The van der Waals surface area contributed by atoms with Crippen molar-refractivity contribution >= 4 is 22.6 Å². The zero-order valence-electron chi connectivity index (χ0n) is 15.9. The summed E-state index contributed by atoms with van der Waals surface area (Å²) in [6.07, 6.45) is 1.82. The number of hydrogen-bond donors (Lipinski definition) is 1. The molecule has 1 aromatic carbocycles. The lowest BCUT2D eigenvalue weighted by atomic mass is 10.2. The van der Waals surface area contributed by atoms with Crippen LogP contribution in [-0.2, 0) is 13.6 Å². The maximum atomic E-state index is 12.8. The van der Waals surface area contributed by atoms with E-state index in [9.17, 15) is 4.79 Å². The highest BCUT2D eigenvalue weighted by Crippen LogP contribution is 2.20. The Bertz CT molecular complexity index is 956. The standard InChI is InChI=1S/C21H25N5O/c1-24-10-12-26(13-11-24)20-17(7-5-9-22-20)15-23-21(27)19-14-16-6-3-4-8-18(16)25(19)2/h3-9,14H,10-13,15H2,1-2H3,(H,23,27). The maximum absolute atomic E-state index is 12.8. The van der Waals surface area contributed by atoms with Gasteiger partial charge < -0.3 is 19.7 Å². The number of carbonyl (C=O) groups is 1. The molecular formula is C21H25N5O. The molecule has 1 N–H and O–H groups in total. The largest absolute Gasteiger partial charge is 0.354 e. The number of hydrogen-bond acceptors (Lipinski definition) is 4. The SMILES string of the molecule is CN1CCN(c2ncccc2CNC(=O)c2cc3ccccc3n2C)CC1. The maximum Gasteiger partial charge on any atom is 0.268 e. The van der Waals surface area contributed by atoms with Crippen LogP contribution in [0.2, 0.25) is 0 Å². The van der Waals surface area contributed by atoms with Crippen LogP contribution in [0.15, 0.2) is 48.7 Å². The Kier molecular flexibility index (Phi) is 4.81. The zero-order valence-corrected chi connectivity index (χ0v) is 15.9. The highest BCUT2D eigenvalue weighted by Gasteiger charge is 2.19. The van der Waals surface area contributed by atoms with E-state index in [1.807, 2.05) is 60.3 Å². The van der Waals surface area contributed by atoms with Crippen molar-refractivity contribution in [1.82, 2.24) is 19.8 Å². The van der Waals surface area contributed by atoms with Crippen molar-refractivity contribution in [3.05, 3.63) is 59.9 Å². The van der Waals surface area contributed by atoms with E-state index in [4.69, 9.17) is 0 Å². The number of amides is 1. The number of rotatable bonds is 4. The summed E-state index contributed by atoms with van der Waals surface area (Å²) in [6.45, 7) is 4.43. The predicted molar refractivity (Wildman–Crippen MR) is 108 cm³/mol. The van der Waals surface area contributed by atoms with Crippen molar-refractivity contribution in [3.63, 3.8) is 0 Å². The van der Waals surface area contributed by atoms with Crippen LogP contribution in [0.3, 0.4) is 0 Å². The lowest BCUT2D eigenvalue weighted by Crippen LogP contribution is -2.45. The average Bonchev–Trinajstić information content (AvgIpc) is 3.04. The van der Waals surface area contributed by atoms with E-state index >= 15 is 0 Å². The zero-order chi connectivity index (χ0) is 18.8. The van der Waals surface area contributed by atoms with Crippen molar-refractivity contribution in [1.29, 1.82) is 0 Å². The van der Waals surface area contributed by atoms with Gasteiger partial charge >= 0.3 is 0 Å². The molecule has 0 unspecified atom stereocenters. The Hall–Kier alpha value is -2.86. The molecule has 27 heavy (non-hydrogen) atoms. The molecular weight excluding hydrogens is 338 g/mol. The molecule has 1 saturated heterocycles. The molecule has 4 rings (SSSR count). The number of pyridine rings is 1. The molecule has 0 saturated carbocycles. The minimum Gasteiger partial charge on any atom is -0.354 e. The number of carbonyl (C=O) groups excluding carboxylic acids is 1. The van der Waals surface area contributed by atoms with Crippen molar-refractivity contribution < 1.29 is 4.79 Å².